The van der Waals surface area contributed by atoms with E-state index in [1.165, 1.54) is 0 Å². The van der Waals surface area contributed by atoms with Gasteiger partial charge < -0.3 is 4.74 Å². The highest BCUT2D eigenvalue weighted by Gasteiger charge is 2.10. The molecule has 0 N–H and O–H groups in total. The number of rotatable bonds is 4. The quantitative estimate of drug-likeness (QED) is 0.757. The molecule has 80 valence electrons. The van der Waals surface area contributed by atoms with Crippen molar-refractivity contribution in [2.45, 2.75) is 33.3 Å². The van der Waals surface area contributed by atoms with E-state index in [4.69, 9.17) is 10.00 Å². The van der Waals surface area contributed by atoms with Gasteiger partial charge in [0, 0.05) is 6.20 Å². The maximum Gasteiger partial charge on any atom is 0.182 e. The van der Waals surface area contributed by atoms with Crippen LogP contribution in [0.25, 0.3) is 0 Å². The van der Waals surface area contributed by atoms with Gasteiger partial charge in [0.1, 0.15) is 6.07 Å². The first-order chi connectivity index (χ1) is 7.13. The molecule has 0 fully saturated rings. The van der Waals surface area contributed by atoms with Crippen molar-refractivity contribution >= 4 is 0 Å². The van der Waals surface area contributed by atoms with E-state index in [1.54, 1.807) is 18.3 Å². The molecule has 0 aromatic carbocycles. The third kappa shape index (κ3) is 3.59. The fourth-order valence-electron chi connectivity index (χ4n) is 1.50. The first kappa shape index (κ1) is 11.5. The van der Waals surface area contributed by atoms with E-state index < -0.39 is 0 Å². The van der Waals surface area contributed by atoms with E-state index in [0.29, 0.717) is 17.4 Å². The summed E-state index contributed by atoms with van der Waals surface area (Å²) in [5.74, 6) is 1.16. The lowest BCUT2D eigenvalue weighted by Gasteiger charge is -2.16. The zero-order chi connectivity index (χ0) is 11.3. The molecule has 1 aromatic rings. The van der Waals surface area contributed by atoms with Gasteiger partial charge in [-0.3, -0.25) is 0 Å². The monoisotopic (exact) mass is 204 g/mol. The number of nitriles is 1. The Hall–Kier alpha value is -1.56. The molecule has 15 heavy (non-hydrogen) atoms. The summed E-state index contributed by atoms with van der Waals surface area (Å²) in [4.78, 5) is 3.94. The normalized spacial score (nSPS) is 12.2. The highest BCUT2D eigenvalue weighted by Crippen LogP contribution is 2.18. The summed E-state index contributed by atoms with van der Waals surface area (Å²) in [7, 11) is 0. The molecule has 1 aromatic heterocycles. The Balaban J connectivity index is 2.68. The summed E-state index contributed by atoms with van der Waals surface area (Å²) < 4.78 is 5.66. The minimum atomic E-state index is 0.112. The van der Waals surface area contributed by atoms with Crippen LogP contribution in [0.4, 0.5) is 0 Å². The fourth-order valence-corrected chi connectivity index (χ4v) is 1.50. The number of nitrogens with zero attached hydrogens (tertiary/aromatic N) is 2. The number of hydrogen-bond donors (Lipinski definition) is 0. The highest BCUT2D eigenvalue weighted by molar-refractivity contribution is 5.36. The lowest BCUT2D eigenvalue weighted by atomic mass is 10.1. The van der Waals surface area contributed by atoms with Crippen LogP contribution >= 0.6 is 0 Å². The van der Waals surface area contributed by atoms with Gasteiger partial charge in [-0.2, -0.15) is 5.26 Å². The van der Waals surface area contributed by atoms with E-state index in [2.05, 4.69) is 18.8 Å². The molecule has 0 aliphatic carbocycles. The Morgan fingerprint density at radius 3 is 2.80 bits per heavy atom. The van der Waals surface area contributed by atoms with E-state index in [0.717, 1.165) is 6.42 Å². The molecule has 0 saturated carbocycles. The molecule has 1 atom stereocenters. The van der Waals surface area contributed by atoms with Crippen LogP contribution in [0.15, 0.2) is 18.3 Å². The Kier molecular flexibility index (Phi) is 4.11. The molecule has 1 heterocycles. The van der Waals surface area contributed by atoms with Crippen LogP contribution in [0.2, 0.25) is 0 Å². The molecule has 0 spiro atoms. The zero-order valence-electron chi connectivity index (χ0n) is 9.40. The standard InChI is InChI=1S/C12H16N2O/c1-9(2)7-10(3)15-12-5-4-6-14-11(12)8-13/h4-6,9-10H,7H2,1-3H3. The van der Waals surface area contributed by atoms with Crippen molar-refractivity contribution in [3.63, 3.8) is 0 Å². The Labute approximate surface area is 90.7 Å². The Morgan fingerprint density at radius 2 is 2.20 bits per heavy atom. The number of aromatic nitrogens is 1. The molecule has 0 saturated heterocycles. The summed E-state index contributed by atoms with van der Waals surface area (Å²) in [6, 6.07) is 5.57. The topological polar surface area (TPSA) is 45.9 Å². The first-order valence-corrected chi connectivity index (χ1v) is 5.15. The number of hydrogen-bond acceptors (Lipinski definition) is 3. The molecule has 3 heteroatoms. The van der Waals surface area contributed by atoms with Crippen molar-refractivity contribution in [3.8, 4) is 11.8 Å². The molecule has 0 aliphatic heterocycles. The van der Waals surface area contributed by atoms with Crippen LogP contribution in [-0.2, 0) is 0 Å². The van der Waals surface area contributed by atoms with Crippen molar-refractivity contribution in [2.24, 2.45) is 5.92 Å². The van der Waals surface area contributed by atoms with Gasteiger partial charge in [0.2, 0.25) is 0 Å². The van der Waals surface area contributed by atoms with Crippen LogP contribution < -0.4 is 4.74 Å². The molecular weight excluding hydrogens is 188 g/mol. The molecule has 1 unspecified atom stereocenters. The zero-order valence-corrected chi connectivity index (χ0v) is 9.40. The van der Waals surface area contributed by atoms with Crippen molar-refractivity contribution < 1.29 is 4.74 Å². The Bertz CT molecular complexity index is 355. The molecule has 0 aliphatic rings. The predicted octanol–water partition coefficient (Wildman–Crippen LogP) is 2.77. The van der Waals surface area contributed by atoms with Crippen LogP contribution in [-0.4, -0.2) is 11.1 Å². The lowest BCUT2D eigenvalue weighted by Crippen LogP contribution is -2.15. The third-order valence-corrected chi connectivity index (χ3v) is 2.01. The van der Waals surface area contributed by atoms with E-state index >= 15 is 0 Å². The van der Waals surface area contributed by atoms with E-state index in [9.17, 15) is 0 Å². The van der Waals surface area contributed by atoms with Gasteiger partial charge >= 0.3 is 0 Å². The second-order valence-corrected chi connectivity index (χ2v) is 4.02. The maximum atomic E-state index is 8.82. The van der Waals surface area contributed by atoms with Crippen LogP contribution in [0.1, 0.15) is 32.9 Å². The van der Waals surface area contributed by atoms with Gasteiger partial charge in [-0.25, -0.2) is 4.98 Å². The van der Waals surface area contributed by atoms with Gasteiger partial charge in [0.25, 0.3) is 0 Å². The SMILES string of the molecule is CC(C)CC(C)Oc1cccnc1C#N. The second-order valence-electron chi connectivity index (χ2n) is 4.02. The number of pyridine rings is 1. The van der Waals surface area contributed by atoms with Crippen molar-refractivity contribution in [1.29, 1.82) is 5.26 Å². The summed E-state index contributed by atoms with van der Waals surface area (Å²) in [6.45, 7) is 6.30. The van der Waals surface area contributed by atoms with Crippen molar-refractivity contribution in [1.82, 2.24) is 4.98 Å². The summed E-state index contributed by atoms with van der Waals surface area (Å²) >= 11 is 0. The molecule has 3 nitrogen and oxygen atoms in total. The minimum absolute atomic E-state index is 0.112. The van der Waals surface area contributed by atoms with E-state index in [-0.39, 0.29) is 6.10 Å². The van der Waals surface area contributed by atoms with Crippen LogP contribution in [0.5, 0.6) is 5.75 Å². The van der Waals surface area contributed by atoms with Crippen LogP contribution in [0, 0.1) is 17.2 Å². The van der Waals surface area contributed by atoms with Gasteiger partial charge in [-0.1, -0.05) is 13.8 Å². The highest BCUT2D eigenvalue weighted by atomic mass is 16.5. The summed E-state index contributed by atoms with van der Waals surface area (Å²) in [5, 5.41) is 8.82. The second kappa shape index (κ2) is 5.35. The molecule has 0 amide bonds. The number of ether oxygens (including phenoxy) is 1. The van der Waals surface area contributed by atoms with Gasteiger partial charge in [0.05, 0.1) is 6.10 Å². The third-order valence-electron chi connectivity index (χ3n) is 2.01. The van der Waals surface area contributed by atoms with Crippen LogP contribution in [0.3, 0.4) is 0 Å². The van der Waals surface area contributed by atoms with Crippen molar-refractivity contribution in [3.05, 3.63) is 24.0 Å². The average molecular weight is 204 g/mol. The summed E-state index contributed by atoms with van der Waals surface area (Å²) in [6.07, 6.45) is 2.68. The van der Waals surface area contributed by atoms with E-state index in [1.807, 2.05) is 13.0 Å². The Morgan fingerprint density at radius 1 is 1.47 bits per heavy atom. The summed E-state index contributed by atoms with van der Waals surface area (Å²) in [5.41, 5.74) is 0.355. The molecule has 0 bridgehead atoms. The smallest absolute Gasteiger partial charge is 0.182 e. The minimum Gasteiger partial charge on any atom is -0.488 e. The average Bonchev–Trinajstić information content (AvgIpc) is 2.17. The maximum absolute atomic E-state index is 8.82. The predicted molar refractivity (Wildman–Crippen MR) is 58.5 cm³/mol. The van der Waals surface area contributed by atoms with Gasteiger partial charge in [-0.15, -0.1) is 0 Å². The van der Waals surface area contributed by atoms with Gasteiger partial charge in [0.15, 0.2) is 11.4 Å². The lowest BCUT2D eigenvalue weighted by molar-refractivity contribution is 0.192. The largest absolute Gasteiger partial charge is 0.488 e. The molecular formula is C12H16N2O. The molecule has 0 radical (unpaired) electrons. The fraction of sp³-hybridized carbons (Fsp3) is 0.500. The van der Waals surface area contributed by atoms with Gasteiger partial charge in [-0.05, 0) is 31.4 Å². The first-order valence-electron chi connectivity index (χ1n) is 5.15. The van der Waals surface area contributed by atoms with Crippen molar-refractivity contribution in [2.75, 3.05) is 0 Å². The molecule has 1 rings (SSSR count).